The molecular formula is C17H15ClN4O3S2. The Morgan fingerprint density at radius 2 is 2.11 bits per heavy atom. The first-order chi connectivity index (χ1) is 12.9. The van der Waals surface area contributed by atoms with Crippen molar-refractivity contribution in [3.8, 4) is 0 Å². The summed E-state index contributed by atoms with van der Waals surface area (Å²) in [6, 6.07) is 11.8. The van der Waals surface area contributed by atoms with Crippen molar-refractivity contribution in [1.29, 1.82) is 0 Å². The summed E-state index contributed by atoms with van der Waals surface area (Å²) < 4.78 is 0. The molecule has 0 bridgehead atoms. The number of non-ortho nitro benzene ring substituents is 1. The first-order valence-electron chi connectivity index (χ1n) is 7.87. The van der Waals surface area contributed by atoms with Gasteiger partial charge in [-0.15, -0.1) is 11.8 Å². The summed E-state index contributed by atoms with van der Waals surface area (Å²) in [6.45, 7) is 1.94. The summed E-state index contributed by atoms with van der Waals surface area (Å²) in [6.07, 6.45) is 0. The van der Waals surface area contributed by atoms with Gasteiger partial charge in [0.15, 0.2) is 5.11 Å². The van der Waals surface area contributed by atoms with E-state index >= 15 is 0 Å². The molecule has 2 aromatic carbocycles. The van der Waals surface area contributed by atoms with E-state index in [1.54, 1.807) is 0 Å². The number of nitro groups is 1. The molecule has 1 fully saturated rings. The zero-order valence-electron chi connectivity index (χ0n) is 14.1. The van der Waals surface area contributed by atoms with Crippen molar-refractivity contribution in [1.82, 2.24) is 10.4 Å². The molecular weight excluding hydrogens is 408 g/mol. The zero-order chi connectivity index (χ0) is 19.6. The predicted octanol–water partition coefficient (Wildman–Crippen LogP) is 4.03. The van der Waals surface area contributed by atoms with Crippen molar-refractivity contribution >= 4 is 58.0 Å². The van der Waals surface area contributed by atoms with Crippen molar-refractivity contribution in [3.63, 3.8) is 0 Å². The Labute approximate surface area is 170 Å². The predicted molar refractivity (Wildman–Crippen MR) is 111 cm³/mol. The van der Waals surface area contributed by atoms with E-state index in [0.717, 1.165) is 11.3 Å². The highest BCUT2D eigenvalue weighted by Crippen LogP contribution is 2.41. The molecule has 0 aromatic heterocycles. The van der Waals surface area contributed by atoms with Crippen molar-refractivity contribution < 1.29 is 9.72 Å². The van der Waals surface area contributed by atoms with Gasteiger partial charge in [0.05, 0.1) is 10.7 Å². The molecule has 27 heavy (non-hydrogen) atoms. The number of hydrogen-bond donors (Lipinski definition) is 2. The molecule has 1 atom stereocenters. The fourth-order valence-corrected chi connectivity index (χ4v) is 4.21. The molecule has 1 saturated heterocycles. The Hall–Kier alpha value is -2.36. The lowest BCUT2D eigenvalue weighted by molar-refractivity contribution is -0.384. The minimum absolute atomic E-state index is 0.0880. The Kier molecular flexibility index (Phi) is 5.83. The van der Waals surface area contributed by atoms with Gasteiger partial charge in [0.25, 0.3) is 11.6 Å². The lowest BCUT2D eigenvalue weighted by Crippen LogP contribution is -2.46. The van der Waals surface area contributed by atoms with Crippen LogP contribution in [0.1, 0.15) is 16.5 Å². The molecule has 7 nitrogen and oxygen atoms in total. The van der Waals surface area contributed by atoms with Crippen LogP contribution in [0.5, 0.6) is 0 Å². The average molecular weight is 423 g/mol. The molecule has 1 amide bonds. The van der Waals surface area contributed by atoms with Crippen LogP contribution < -0.4 is 10.7 Å². The molecule has 2 N–H and O–H groups in total. The molecule has 1 aliphatic rings. The van der Waals surface area contributed by atoms with E-state index in [-0.39, 0.29) is 22.5 Å². The number of carbonyl (C=O) groups excluding carboxylic acids is 1. The van der Waals surface area contributed by atoms with Crippen LogP contribution in [0.4, 0.5) is 11.4 Å². The molecule has 1 aliphatic heterocycles. The summed E-state index contributed by atoms with van der Waals surface area (Å²) in [5, 5.41) is 15.5. The number of aryl methyl sites for hydroxylation is 1. The number of hydrazine groups is 1. The summed E-state index contributed by atoms with van der Waals surface area (Å²) in [4.78, 5) is 22.9. The van der Waals surface area contributed by atoms with E-state index in [4.69, 9.17) is 23.8 Å². The number of amides is 1. The molecule has 0 spiro atoms. The van der Waals surface area contributed by atoms with Crippen LogP contribution in [0, 0.1) is 17.0 Å². The molecule has 3 rings (SSSR count). The molecule has 0 unspecified atom stereocenters. The molecule has 2 aromatic rings. The number of nitrogens with one attached hydrogen (secondary N) is 2. The van der Waals surface area contributed by atoms with Crippen LogP contribution in [-0.4, -0.2) is 26.7 Å². The van der Waals surface area contributed by atoms with E-state index < -0.39 is 10.3 Å². The third-order valence-corrected chi connectivity index (χ3v) is 5.67. The second-order valence-electron chi connectivity index (χ2n) is 5.77. The molecule has 1 heterocycles. The summed E-state index contributed by atoms with van der Waals surface area (Å²) in [7, 11) is 0. The van der Waals surface area contributed by atoms with Crippen LogP contribution >= 0.6 is 35.6 Å². The number of thiocarbonyl (C=S) groups is 1. The summed E-state index contributed by atoms with van der Waals surface area (Å²) in [5.41, 5.74) is 5.10. The number of nitrogens with zero attached hydrogens (tertiary/aromatic N) is 2. The van der Waals surface area contributed by atoms with E-state index in [2.05, 4.69) is 10.7 Å². The number of halogens is 1. The third kappa shape index (κ3) is 4.32. The van der Waals surface area contributed by atoms with Crippen molar-refractivity contribution in [2.45, 2.75) is 12.3 Å². The maximum Gasteiger partial charge on any atom is 0.269 e. The standard InChI is InChI=1S/C17H15ClN4O3S2/c1-10-4-2-3-5-14(10)19-17(26)20-21-15(23)9-27-16(21)12-8-11(22(24)25)6-7-13(12)18/h2-8,16H,9H2,1H3,(H2,19,20,26)/t16-/m1/s1. The first kappa shape index (κ1) is 19.4. The fraction of sp³-hybridized carbons (Fsp3) is 0.176. The maximum atomic E-state index is 12.3. The van der Waals surface area contributed by atoms with Gasteiger partial charge in [-0.3, -0.25) is 20.3 Å². The Balaban J connectivity index is 1.81. The van der Waals surface area contributed by atoms with Gasteiger partial charge in [0, 0.05) is 28.4 Å². The topological polar surface area (TPSA) is 87.5 Å². The Morgan fingerprint density at radius 3 is 2.81 bits per heavy atom. The van der Waals surface area contributed by atoms with Crippen LogP contribution in [0.3, 0.4) is 0 Å². The van der Waals surface area contributed by atoms with Crippen molar-refractivity contribution in [2.75, 3.05) is 11.1 Å². The molecule has 10 heteroatoms. The van der Waals surface area contributed by atoms with E-state index in [1.807, 2.05) is 31.2 Å². The van der Waals surface area contributed by atoms with Crippen LogP contribution in [0.2, 0.25) is 5.02 Å². The molecule has 0 radical (unpaired) electrons. The van der Waals surface area contributed by atoms with E-state index in [0.29, 0.717) is 10.6 Å². The van der Waals surface area contributed by atoms with Crippen molar-refractivity contribution in [3.05, 3.63) is 68.7 Å². The van der Waals surface area contributed by atoms with Gasteiger partial charge in [-0.1, -0.05) is 29.8 Å². The zero-order valence-corrected chi connectivity index (χ0v) is 16.5. The number of carbonyl (C=O) groups is 1. The molecule has 0 aliphatic carbocycles. The lowest BCUT2D eigenvalue weighted by atomic mass is 10.2. The van der Waals surface area contributed by atoms with Gasteiger partial charge in [0.2, 0.25) is 0 Å². The second kappa shape index (κ2) is 8.12. The highest BCUT2D eigenvalue weighted by Gasteiger charge is 2.35. The highest BCUT2D eigenvalue weighted by atomic mass is 35.5. The average Bonchev–Trinajstić information content (AvgIpc) is 2.97. The smallest absolute Gasteiger partial charge is 0.269 e. The van der Waals surface area contributed by atoms with Crippen molar-refractivity contribution in [2.24, 2.45) is 0 Å². The van der Waals surface area contributed by atoms with Crippen LogP contribution in [0.15, 0.2) is 42.5 Å². The van der Waals surface area contributed by atoms with Gasteiger partial charge in [-0.05, 0) is 36.8 Å². The Bertz CT molecular complexity index is 925. The number of thioether (sulfide) groups is 1. The molecule has 0 saturated carbocycles. The van der Waals surface area contributed by atoms with Gasteiger partial charge in [-0.2, -0.15) is 0 Å². The quantitative estimate of drug-likeness (QED) is 0.437. The fourth-order valence-electron chi connectivity index (χ4n) is 2.58. The number of rotatable bonds is 4. The summed E-state index contributed by atoms with van der Waals surface area (Å²) in [5.74, 6) is 0.0189. The number of hydrogen-bond acceptors (Lipinski definition) is 5. The van der Waals surface area contributed by atoms with E-state index in [1.165, 1.54) is 35.0 Å². The number of anilines is 1. The van der Waals surface area contributed by atoms with Gasteiger partial charge >= 0.3 is 0 Å². The SMILES string of the molecule is Cc1ccccc1NC(=S)NN1C(=O)CS[C@@H]1c1cc([N+](=O)[O-])ccc1Cl. The van der Waals surface area contributed by atoms with Gasteiger partial charge in [-0.25, -0.2) is 5.01 Å². The first-order valence-corrected chi connectivity index (χ1v) is 9.71. The molecule has 140 valence electrons. The third-order valence-electron chi connectivity index (χ3n) is 3.94. The highest BCUT2D eigenvalue weighted by molar-refractivity contribution is 8.00. The second-order valence-corrected chi connectivity index (χ2v) is 7.65. The minimum atomic E-state index is -0.526. The van der Waals surface area contributed by atoms with Crippen LogP contribution in [0.25, 0.3) is 0 Å². The number of nitro benzene ring substituents is 1. The summed E-state index contributed by atoms with van der Waals surface area (Å²) >= 11 is 12.9. The normalized spacial score (nSPS) is 16.3. The maximum absolute atomic E-state index is 12.3. The number of benzene rings is 2. The van der Waals surface area contributed by atoms with Gasteiger partial charge in [0.1, 0.15) is 5.37 Å². The van der Waals surface area contributed by atoms with E-state index in [9.17, 15) is 14.9 Å². The number of para-hydroxylation sites is 1. The Morgan fingerprint density at radius 1 is 1.37 bits per heavy atom. The van der Waals surface area contributed by atoms with Crippen LogP contribution in [-0.2, 0) is 4.79 Å². The monoisotopic (exact) mass is 422 g/mol. The van der Waals surface area contributed by atoms with Gasteiger partial charge < -0.3 is 5.32 Å². The minimum Gasteiger partial charge on any atom is -0.331 e. The largest absolute Gasteiger partial charge is 0.331 e. The lowest BCUT2D eigenvalue weighted by Gasteiger charge is -2.26.